The molecule has 0 fully saturated rings. The van der Waals surface area contributed by atoms with Crippen LogP contribution in [0.5, 0.6) is 5.88 Å². The van der Waals surface area contributed by atoms with E-state index in [1.165, 1.54) is 0 Å². The smallest absolute Gasteiger partial charge is 0.211 e. The molecular weight excluding hydrogens is 254 g/mol. The zero-order valence-corrected chi connectivity index (χ0v) is 11.2. The number of hydrogen-bond donors (Lipinski definition) is 4. The first-order valence-electron chi connectivity index (χ1n) is 5.14. The molecule has 1 heterocycles. The quantitative estimate of drug-likeness (QED) is 0.476. The van der Waals surface area contributed by atoms with E-state index in [2.05, 4.69) is 30.2 Å². The maximum atomic E-state index is 9.02. The van der Waals surface area contributed by atoms with Crippen molar-refractivity contribution in [2.75, 3.05) is 0 Å². The van der Waals surface area contributed by atoms with Crippen LogP contribution in [0.15, 0.2) is 36.4 Å². The second kappa shape index (κ2) is 6.14. The van der Waals surface area contributed by atoms with Crippen molar-refractivity contribution in [3.05, 3.63) is 36.4 Å². The minimum absolute atomic E-state index is 0.0729. The molecule has 2 N–H and O–H groups in total. The highest BCUT2D eigenvalue weighted by molar-refractivity contribution is 8.00. The van der Waals surface area contributed by atoms with Crippen LogP contribution in [0.25, 0.3) is 10.9 Å². The molecule has 5 heteroatoms. The average Bonchev–Trinajstić information content (AvgIpc) is 2.29. The number of benzene rings is 1. The number of para-hydroxylation sites is 1. The third-order valence-corrected chi connectivity index (χ3v) is 2.69. The van der Waals surface area contributed by atoms with Crippen LogP contribution in [0.4, 0.5) is 0 Å². The Bertz CT molecular complexity index is 483. The van der Waals surface area contributed by atoms with Gasteiger partial charge in [0.15, 0.2) is 4.27 Å². The van der Waals surface area contributed by atoms with E-state index in [0.717, 1.165) is 10.9 Å². The van der Waals surface area contributed by atoms with Crippen molar-refractivity contribution in [2.45, 2.75) is 17.6 Å². The van der Waals surface area contributed by atoms with Gasteiger partial charge in [0, 0.05) is 11.5 Å². The first-order valence-corrected chi connectivity index (χ1v) is 6.03. The van der Waals surface area contributed by atoms with Gasteiger partial charge in [0.1, 0.15) is 0 Å². The van der Waals surface area contributed by atoms with Crippen molar-refractivity contribution in [1.82, 2.24) is 4.98 Å². The number of pyridine rings is 1. The van der Waals surface area contributed by atoms with Gasteiger partial charge in [-0.05, 0) is 18.6 Å². The largest absolute Gasteiger partial charge is 0.493 e. The fourth-order valence-corrected chi connectivity index (χ4v) is 1.06. The molecule has 2 aromatic rings. The van der Waals surface area contributed by atoms with Crippen LogP contribution >= 0.6 is 25.3 Å². The normalized spacial score (nSPS) is 10.8. The Morgan fingerprint density at radius 2 is 1.76 bits per heavy atom. The molecule has 0 aliphatic carbocycles. The maximum absolute atomic E-state index is 9.02. The van der Waals surface area contributed by atoms with E-state index >= 15 is 0 Å². The molecule has 1 aromatic carbocycles. The first kappa shape index (κ1) is 14.2. The summed E-state index contributed by atoms with van der Waals surface area (Å²) in [6.45, 7) is 1.81. The van der Waals surface area contributed by atoms with Gasteiger partial charge in [0.2, 0.25) is 5.88 Å². The summed E-state index contributed by atoms with van der Waals surface area (Å²) < 4.78 is -1.07. The molecule has 0 unspecified atom stereocenters. The van der Waals surface area contributed by atoms with Crippen LogP contribution in [0.2, 0.25) is 0 Å². The number of nitrogens with zero attached hydrogens (tertiary/aromatic N) is 1. The van der Waals surface area contributed by atoms with Crippen molar-refractivity contribution >= 4 is 36.2 Å². The molecule has 0 bridgehead atoms. The third kappa shape index (κ3) is 5.30. The Kier molecular flexibility index (Phi) is 5.11. The molecule has 2 rings (SSSR count). The highest BCUT2D eigenvalue weighted by Crippen LogP contribution is 2.17. The molecule has 0 aliphatic heterocycles. The van der Waals surface area contributed by atoms with Gasteiger partial charge >= 0.3 is 0 Å². The lowest BCUT2D eigenvalue weighted by molar-refractivity contribution is 0.231. The van der Waals surface area contributed by atoms with Gasteiger partial charge in [-0.1, -0.05) is 25.1 Å². The Balaban J connectivity index is 0.000000209. The van der Waals surface area contributed by atoms with Crippen LogP contribution < -0.4 is 0 Å². The highest BCUT2D eigenvalue weighted by Gasteiger charge is 2.08. The molecule has 3 nitrogen and oxygen atoms in total. The van der Waals surface area contributed by atoms with Gasteiger partial charge in [0.05, 0.1) is 5.52 Å². The first-order chi connectivity index (χ1) is 7.92. The third-order valence-electron chi connectivity index (χ3n) is 2.06. The van der Waals surface area contributed by atoms with Crippen LogP contribution in [0, 0.1) is 0 Å². The fourth-order valence-electron chi connectivity index (χ4n) is 1.06. The van der Waals surface area contributed by atoms with Crippen molar-refractivity contribution in [2.24, 2.45) is 0 Å². The topological polar surface area (TPSA) is 53.4 Å². The lowest BCUT2D eigenvalue weighted by atomic mass is 10.2. The van der Waals surface area contributed by atoms with E-state index in [0.29, 0.717) is 6.42 Å². The number of aromatic hydroxyl groups is 1. The molecule has 0 radical (unpaired) electrons. The summed E-state index contributed by atoms with van der Waals surface area (Å²) in [5.41, 5.74) is 0.826. The van der Waals surface area contributed by atoms with E-state index in [4.69, 9.17) is 10.2 Å². The van der Waals surface area contributed by atoms with Crippen LogP contribution in [-0.2, 0) is 0 Å². The van der Waals surface area contributed by atoms with Gasteiger partial charge in [0.25, 0.3) is 0 Å². The van der Waals surface area contributed by atoms with Gasteiger partial charge in [-0.15, -0.1) is 25.3 Å². The average molecular weight is 269 g/mol. The lowest BCUT2D eigenvalue weighted by Crippen LogP contribution is -2.07. The fraction of sp³-hybridized carbons (Fsp3) is 0.250. The van der Waals surface area contributed by atoms with E-state index in [9.17, 15) is 0 Å². The molecule has 0 spiro atoms. The number of rotatable bonds is 1. The van der Waals surface area contributed by atoms with Gasteiger partial charge < -0.3 is 10.2 Å². The van der Waals surface area contributed by atoms with Crippen LogP contribution in [0.3, 0.4) is 0 Å². The molecule has 1 aromatic heterocycles. The van der Waals surface area contributed by atoms with Gasteiger partial charge in [-0.2, -0.15) is 0 Å². The van der Waals surface area contributed by atoms with E-state index < -0.39 is 4.27 Å². The Hall–Kier alpha value is -0.910. The monoisotopic (exact) mass is 269 g/mol. The van der Waals surface area contributed by atoms with Crippen molar-refractivity contribution < 1.29 is 10.2 Å². The predicted octanol–water partition coefficient (Wildman–Crippen LogP) is 2.84. The minimum Gasteiger partial charge on any atom is -0.493 e. The Morgan fingerprint density at radius 3 is 2.35 bits per heavy atom. The molecule has 0 aliphatic rings. The highest BCUT2D eigenvalue weighted by atomic mass is 32.2. The standard InChI is InChI=1S/C9H7NO.C3H8OS2/c11-9-6-5-7-3-1-2-4-8(7)10-9;1-2-3(4,5)6/h1-6H,(H,10,11);4-6H,2H2,1H3. The molecule has 0 saturated carbocycles. The Labute approximate surface area is 111 Å². The summed E-state index contributed by atoms with van der Waals surface area (Å²) in [7, 11) is 0. The zero-order chi connectivity index (χ0) is 12.9. The van der Waals surface area contributed by atoms with Gasteiger partial charge in [-0.3, -0.25) is 0 Å². The lowest BCUT2D eigenvalue weighted by Gasteiger charge is -2.09. The van der Waals surface area contributed by atoms with Crippen molar-refractivity contribution in [1.29, 1.82) is 0 Å². The summed E-state index contributed by atoms with van der Waals surface area (Å²) in [6.07, 6.45) is 0.555. The summed E-state index contributed by atoms with van der Waals surface area (Å²) in [4.78, 5) is 3.93. The van der Waals surface area contributed by atoms with E-state index in [-0.39, 0.29) is 5.88 Å². The maximum Gasteiger partial charge on any atom is 0.211 e. The van der Waals surface area contributed by atoms with Crippen LogP contribution in [0.1, 0.15) is 13.3 Å². The SMILES string of the molecule is CCC(O)(S)S.Oc1ccc2ccccc2n1. The number of fused-ring (bicyclic) bond motifs is 1. The number of aliphatic hydroxyl groups is 1. The second-order valence-electron chi connectivity index (χ2n) is 3.49. The number of hydrogen-bond acceptors (Lipinski definition) is 5. The number of thiol groups is 2. The van der Waals surface area contributed by atoms with E-state index in [1.54, 1.807) is 13.0 Å². The zero-order valence-electron chi connectivity index (χ0n) is 9.41. The Morgan fingerprint density at radius 1 is 1.18 bits per heavy atom. The molecular formula is C12H15NO2S2. The van der Waals surface area contributed by atoms with E-state index in [1.807, 2.05) is 30.3 Å². The van der Waals surface area contributed by atoms with Crippen molar-refractivity contribution in [3.8, 4) is 5.88 Å². The molecule has 92 valence electrons. The van der Waals surface area contributed by atoms with Crippen molar-refractivity contribution in [3.63, 3.8) is 0 Å². The summed E-state index contributed by atoms with van der Waals surface area (Å²) in [5.74, 6) is 0.0729. The summed E-state index contributed by atoms with van der Waals surface area (Å²) >= 11 is 7.35. The minimum atomic E-state index is -1.07. The molecule has 0 saturated heterocycles. The van der Waals surface area contributed by atoms with Crippen LogP contribution in [-0.4, -0.2) is 19.5 Å². The summed E-state index contributed by atoms with van der Waals surface area (Å²) in [6, 6.07) is 11.1. The number of aromatic nitrogens is 1. The molecule has 0 atom stereocenters. The predicted molar refractivity (Wildman–Crippen MR) is 76.6 cm³/mol. The second-order valence-corrected chi connectivity index (χ2v) is 5.32. The molecule has 17 heavy (non-hydrogen) atoms. The van der Waals surface area contributed by atoms with Gasteiger partial charge in [-0.25, -0.2) is 4.98 Å². The summed E-state index contributed by atoms with van der Waals surface area (Å²) in [5, 5.41) is 18.6. The molecule has 0 amide bonds.